The van der Waals surface area contributed by atoms with Crippen LogP contribution in [-0.4, -0.2) is 30.2 Å². The van der Waals surface area contributed by atoms with Crippen LogP contribution in [0.3, 0.4) is 0 Å². The Hall–Kier alpha value is -3.97. The minimum Gasteiger partial charge on any atom is -0.480 e. The largest absolute Gasteiger partial charge is 0.480 e. The first-order chi connectivity index (χ1) is 15.5. The highest BCUT2D eigenvalue weighted by molar-refractivity contribution is 6.30. The third-order valence-electron chi connectivity index (χ3n) is 5.47. The number of aromatic nitrogens is 4. The molecule has 1 atom stereocenters. The van der Waals surface area contributed by atoms with Crippen molar-refractivity contribution >= 4 is 34.1 Å². The Kier molecular flexibility index (Phi) is 4.95. The summed E-state index contributed by atoms with van der Waals surface area (Å²) in [5.41, 5.74) is 3.26. The number of nitrogens with zero attached hydrogens (tertiary/aromatic N) is 4. The lowest BCUT2D eigenvalue weighted by Crippen LogP contribution is -2.31. The molecule has 0 saturated carbocycles. The fraction of sp³-hybridized carbons (Fsp3) is 0.0833. The molecular formula is C24H17ClN4O3. The molecule has 32 heavy (non-hydrogen) atoms. The molecule has 0 spiro atoms. The second-order valence-corrected chi connectivity index (χ2v) is 7.87. The van der Waals surface area contributed by atoms with Crippen LogP contribution in [0.5, 0.6) is 0 Å². The molecule has 3 aromatic heterocycles. The van der Waals surface area contributed by atoms with Gasteiger partial charge >= 0.3 is 5.97 Å². The number of hydrogen-bond donors (Lipinski definition) is 1. The van der Waals surface area contributed by atoms with E-state index in [1.807, 2.05) is 42.5 Å². The van der Waals surface area contributed by atoms with Crippen molar-refractivity contribution in [2.75, 3.05) is 0 Å². The van der Waals surface area contributed by atoms with E-state index in [0.29, 0.717) is 21.6 Å². The molecule has 5 aromatic rings. The number of hydrogen-bond acceptors (Lipinski definition) is 4. The predicted molar refractivity (Wildman–Crippen MR) is 122 cm³/mol. The van der Waals surface area contributed by atoms with Crippen molar-refractivity contribution in [2.24, 2.45) is 0 Å². The molecule has 0 fully saturated rings. The molecule has 0 aliphatic carbocycles. The zero-order chi connectivity index (χ0) is 22.2. The topological polar surface area (TPSA) is 89.5 Å². The number of carboxylic acid groups (broad SMARTS) is 1. The summed E-state index contributed by atoms with van der Waals surface area (Å²) in [6, 6.07) is 17.2. The summed E-state index contributed by atoms with van der Waals surface area (Å²) in [5, 5.41) is 15.2. The summed E-state index contributed by atoms with van der Waals surface area (Å²) in [5.74, 6) is -1.08. The van der Waals surface area contributed by atoms with Gasteiger partial charge in [-0.3, -0.25) is 4.79 Å². The first kappa shape index (κ1) is 20.0. The predicted octanol–water partition coefficient (Wildman–Crippen LogP) is 4.23. The summed E-state index contributed by atoms with van der Waals surface area (Å²) in [6.45, 7) is 0. The zero-order valence-electron chi connectivity index (χ0n) is 16.7. The standard InChI is InChI=1S/C24H17ClN4O3/c25-17-8-6-16(7-9-17)18-14-27-29-20-10-11-28(23(30)19(20)13-26-22(18)29)21(24(31)32)12-15-4-2-1-3-5-15/h1-11,13-14,21H,12H2,(H,31,32). The van der Waals surface area contributed by atoms with Crippen molar-refractivity contribution in [1.29, 1.82) is 0 Å². The molecule has 158 valence electrons. The number of pyridine rings is 1. The zero-order valence-corrected chi connectivity index (χ0v) is 17.5. The van der Waals surface area contributed by atoms with Crippen LogP contribution in [-0.2, 0) is 11.2 Å². The number of carboxylic acids is 1. The molecule has 0 bridgehead atoms. The van der Waals surface area contributed by atoms with E-state index in [9.17, 15) is 14.7 Å². The Morgan fingerprint density at radius 3 is 2.50 bits per heavy atom. The lowest BCUT2D eigenvalue weighted by Gasteiger charge is -2.16. The van der Waals surface area contributed by atoms with Crippen molar-refractivity contribution in [1.82, 2.24) is 19.2 Å². The Labute approximate surface area is 187 Å². The van der Waals surface area contributed by atoms with Crippen molar-refractivity contribution < 1.29 is 9.90 Å². The minimum absolute atomic E-state index is 0.194. The van der Waals surface area contributed by atoms with E-state index in [-0.39, 0.29) is 6.42 Å². The molecule has 0 aliphatic rings. The molecule has 1 N–H and O–H groups in total. The van der Waals surface area contributed by atoms with Gasteiger partial charge in [0.1, 0.15) is 6.04 Å². The normalized spacial score (nSPS) is 12.3. The Morgan fingerprint density at radius 2 is 1.78 bits per heavy atom. The third kappa shape index (κ3) is 3.42. The van der Waals surface area contributed by atoms with Crippen molar-refractivity contribution in [2.45, 2.75) is 12.5 Å². The van der Waals surface area contributed by atoms with Crippen LogP contribution in [0.15, 0.2) is 84.0 Å². The van der Waals surface area contributed by atoms with E-state index in [1.165, 1.54) is 17.0 Å². The van der Waals surface area contributed by atoms with Gasteiger partial charge in [0.15, 0.2) is 5.65 Å². The second kappa shape index (κ2) is 7.94. The lowest BCUT2D eigenvalue weighted by molar-refractivity contribution is -0.141. The van der Waals surface area contributed by atoms with Gasteiger partial charge in [0.2, 0.25) is 0 Å². The molecule has 7 nitrogen and oxygen atoms in total. The van der Waals surface area contributed by atoms with Crippen LogP contribution in [0.1, 0.15) is 11.6 Å². The van der Waals surface area contributed by atoms with E-state index in [1.54, 1.807) is 28.9 Å². The average Bonchev–Trinajstić information content (AvgIpc) is 3.24. The van der Waals surface area contributed by atoms with Gasteiger partial charge in [-0.25, -0.2) is 14.3 Å². The van der Waals surface area contributed by atoms with E-state index in [2.05, 4.69) is 10.1 Å². The third-order valence-corrected chi connectivity index (χ3v) is 5.72. The van der Waals surface area contributed by atoms with E-state index in [0.717, 1.165) is 16.7 Å². The quantitative estimate of drug-likeness (QED) is 0.438. The van der Waals surface area contributed by atoms with Gasteiger partial charge in [-0.2, -0.15) is 5.10 Å². The number of fused-ring (bicyclic) bond motifs is 3. The highest BCUT2D eigenvalue weighted by Crippen LogP contribution is 2.26. The number of halogens is 1. The van der Waals surface area contributed by atoms with Crippen molar-refractivity contribution in [3.63, 3.8) is 0 Å². The Morgan fingerprint density at radius 1 is 1.03 bits per heavy atom. The smallest absolute Gasteiger partial charge is 0.327 e. The fourth-order valence-corrected chi connectivity index (χ4v) is 3.98. The van der Waals surface area contributed by atoms with Gasteiger partial charge in [-0.15, -0.1) is 0 Å². The van der Waals surface area contributed by atoms with Crippen LogP contribution in [0, 0.1) is 0 Å². The molecule has 5 rings (SSSR count). The fourth-order valence-electron chi connectivity index (χ4n) is 3.85. The first-order valence-electron chi connectivity index (χ1n) is 9.93. The van der Waals surface area contributed by atoms with Gasteiger partial charge in [0.05, 0.1) is 17.1 Å². The summed E-state index contributed by atoms with van der Waals surface area (Å²) in [7, 11) is 0. The van der Waals surface area contributed by atoms with Crippen LogP contribution >= 0.6 is 11.6 Å². The molecule has 0 saturated heterocycles. The lowest BCUT2D eigenvalue weighted by atomic mass is 10.1. The number of rotatable bonds is 5. The van der Waals surface area contributed by atoms with E-state index < -0.39 is 17.6 Å². The number of aliphatic carboxylic acids is 1. The maximum Gasteiger partial charge on any atom is 0.327 e. The highest BCUT2D eigenvalue weighted by atomic mass is 35.5. The molecule has 8 heteroatoms. The molecular weight excluding hydrogens is 428 g/mol. The van der Waals surface area contributed by atoms with Crippen LogP contribution in [0.25, 0.3) is 27.7 Å². The van der Waals surface area contributed by atoms with Gasteiger partial charge in [-0.05, 0) is 29.3 Å². The Bertz CT molecular complexity index is 1510. The minimum atomic E-state index is -1.08. The van der Waals surface area contributed by atoms with E-state index >= 15 is 0 Å². The number of benzene rings is 2. The van der Waals surface area contributed by atoms with Crippen LogP contribution in [0.4, 0.5) is 0 Å². The van der Waals surface area contributed by atoms with Gasteiger partial charge in [0, 0.05) is 29.4 Å². The molecule has 2 aromatic carbocycles. The number of carbonyl (C=O) groups is 1. The van der Waals surface area contributed by atoms with Gasteiger partial charge in [0.25, 0.3) is 5.56 Å². The van der Waals surface area contributed by atoms with Crippen molar-refractivity contribution in [3.8, 4) is 11.1 Å². The molecule has 3 heterocycles. The molecule has 0 amide bonds. The summed E-state index contributed by atoms with van der Waals surface area (Å²) in [4.78, 5) is 29.7. The molecule has 1 unspecified atom stereocenters. The SMILES string of the molecule is O=C(O)C(Cc1ccccc1)n1ccc2c(cnc3c(-c4ccc(Cl)cc4)cnn32)c1=O. The average molecular weight is 445 g/mol. The summed E-state index contributed by atoms with van der Waals surface area (Å²) >= 11 is 5.99. The molecule has 0 aliphatic heterocycles. The van der Waals surface area contributed by atoms with E-state index in [4.69, 9.17) is 11.6 Å². The summed E-state index contributed by atoms with van der Waals surface area (Å²) in [6.07, 6.45) is 4.87. The Balaban J connectivity index is 1.62. The van der Waals surface area contributed by atoms with Crippen LogP contribution < -0.4 is 5.56 Å². The van der Waals surface area contributed by atoms with Gasteiger partial charge in [-0.1, -0.05) is 54.1 Å². The summed E-state index contributed by atoms with van der Waals surface area (Å²) < 4.78 is 2.84. The maximum absolute atomic E-state index is 13.2. The second-order valence-electron chi connectivity index (χ2n) is 7.43. The maximum atomic E-state index is 13.2. The first-order valence-corrected chi connectivity index (χ1v) is 10.3. The molecule has 0 radical (unpaired) electrons. The highest BCUT2D eigenvalue weighted by Gasteiger charge is 2.23. The van der Waals surface area contributed by atoms with Crippen LogP contribution in [0.2, 0.25) is 5.02 Å². The van der Waals surface area contributed by atoms with Gasteiger partial charge < -0.3 is 9.67 Å². The van der Waals surface area contributed by atoms with Crippen molar-refractivity contribution in [3.05, 3.63) is 100 Å². The monoisotopic (exact) mass is 444 g/mol.